The fourth-order valence-corrected chi connectivity index (χ4v) is 3.21. The minimum absolute atomic E-state index is 0.0645. The molecule has 2 heterocycles. The van der Waals surface area contributed by atoms with E-state index in [1.165, 1.54) is 17.7 Å². The Morgan fingerprint density at radius 2 is 2.14 bits per heavy atom. The third kappa shape index (κ3) is 3.00. The SMILES string of the molecule is CCC(=O)OC1CCN2CC=C(c3ccc(F)cc3)C1C2. The Morgan fingerprint density at radius 3 is 2.86 bits per heavy atom. The number of hydrogen-bond donors (Lipinski definition) is 0. The van der Waals surface area contributed by atoms with Crippen molar-refractivity contribution in [1.29, 1.82) is 0 Å². The number of esters is 1. The fraction of sp³-hybridized carbons (Fsp3) is 0.471. The summed E-state index contributed by atoms with van der Waals surface area (Å²) < 4.78 is 18.7. The molecule has 0 N–H and O–H groups in total. The predicted octanol–water partition coefficient (Wildman–Crippen LogP) is 2.87. The topological polar surface area (TPSA) is 29.5 Å². The van der Waals surface area contributed by atoms with Gasteiger partial charge in [0, 0.05) is 32.0 Å². The fourth-order valence-electron chi connectivity index (χ4n) is 3.21. The van der Waals surface area contributed by atoms with E-state index in [9.17, 15) is 9.18 Å². The number of ether oxygens (including phenoxy) is 1. The number of benzene rings is 1. The summed E-state index contributed by atoms with van der Waals surface area (Å²) in [6, 6.07) is 6.59. The molecular weight excluding hydrogens is 269 g/mol. The first-order valence-electron chi connectivity index (χ1n) is 7.55. The molecule has 2 bridgehead atoms. The Hall–Kier alpha value is -1.68. The number of rotatable bonds is 3. The van der Waals surface area contributed by atoms with Crippen LogP contribution in [-0.4, -0.2) is 36.6 Å². The Balaban J connectivity index is 1.85. The van der Waals surface area contributed by atoms with Gasteiger partial charge in [-0.2, -0.15) is 0 Å². The van der Waals surface area contributed by atoms with Gasteiger partial charge in [0.25, 0.3) is 0 Å². The molecule has 0 radical (unpaired) electrons. The maximum atomic E-state index is 13.1. The quantitative estimate of drug-likeness (QED) is 0.801. The summed E-state index contributed by atoms with van der Waals surface area (Å²) in [6.07, 6.45) is 3.40. The van der Waals surface area contributed by atoms with E-state index in [4.69, 9.17) is 4.74 Å². The molecule has 0 aliphatic carbocycles. The molecule has 1 aromatic rings. The highest BCUT2D eigenvalue weighted by molar-refractivity contribution is 5.72. The van der Waals surface area contributed by atoms with Gasteiger partial charge in [0.2, 0.25) is 0 Å². The van der Waals surface area contributed by atoms with Gasteiger partial charge < -0.3 is 4.74 Å². The molecule has 2 aliphatic heterocycles. The average Bonchev–Trinajstić information content (AvgIpc) is 2.51. The van der Waals surface area contributed by atoms with Gasteiger partial charge in [-0.1, -0.05) is 25.1 Å². The van der Waals surface area contributed by atoms with Crippen LogP contribution in [0.1, 0.15) is 25.3 Å². The zero-order valence-electron chi connectivity index (χ0n) is 12.2. The van der Waals surface area contributed by atoms with Gasteiger partial charge in [0.05, 0.1) is 0 Å². The average molecular weight is 289 g/mol. The maximum Gasteiger partial charge on any atom is 0.305 e. The van der Waals surface area contributed by atoms with E-state index in [0.717, 1.165) is 31.6 Å². The van der Waals surface area contributed by atoms with Gasteiger partial charge in [0.1, 0.15) is 11.9 Å². The summed E-state index contributed by atoms with van der Waals surface area (Å²) in [5.74, 6) is -0.180. The van der Waals surface area contributed by atoms with Crippen LogP contribution in [0, 0.1) is 11.7 Å². The van der Waals surface area contributed by atoms with Crippen molar-refractivity contribution >= 4 is 11.5 Å². The molecular formula is C17H20FNO2. The first-order chi connectivity index (χ1) is 10.2. The smallest absolute Gasteiger partial charge is 0.305 e. The molecule has 21 heavy (non-hydrogen) atoms. The molecule has 1 fully saturated rings. The summed E-state index contributed by atoms with van der Waals surface area (Å²) >= 11 is 0. The molecule has 1 saturated heterocycles. The second-order valence-electron chi connectivity index (χ2n) is 5.70. The van der Waals surface area contributed by atoms with Crippen molar-refractivity contribution in [3.8, 4) is 0 Å². The number of fused-ring (bicyclic) bond motifs is 2. The lowest BCUT2D eigenvalue weighted by atomic mass is 9.81. The van der Waals surface area contributed by atoms with Crippen LogP contribution in [0.15, 0.2) is 30.3 Å². The highest BCUT2D eigenvalue weighted by Gasteiger charge is 2.36. The highest BCUT2D eigenvalue weighted by atomic mass is 19.1. The summed E-state index contributed by atoms with van der Waals surface area (Å²) in [4.78, 5) is 14.0. The Morgan fingerprint density at radius 1 is 1.38 bits per heavy atom. The minimum atomic E-state index is -0.227. The standard InChI is InChI=1S/C17H20FNO2/c1-2-17(20)21-16-8-10-19-9-7-14(15(16)11-19)12-3-5-13(18)6-4-12/h3-7,15-16H,2,8-11H2,1H3. The molecule has 4 heteroatoms. The Bertz CT molecular complexity index is 552. The van der Waals surface area contributed by atoms with E-state index in [1.54, 1.807) is 0 Å². The minimum Gasteiger partial charge on any atom is -0.462 e. The van der Waals surface area contributed by atoms with Crippen LogP contribution in [-0.2, 0) is 9.53 Å². The van der Waals surface area contributed by atoms with Crippen LogP contribution >= 0.6 is 0 Å². The lowest BCUT2D eigenvalue weighted by Crippen LogP contribution is -2.47. The van der Waals surface area contributed by atoms with Crippen LogP contribution < -0.4 is 0 Å². The van der Waals surface area contributed by atoms with Crippen molar-refractivity contribution in [2.24, 2.45) is 5.92 Å². The first-order valence-corrected chi connectivity index (χ1v) is 7.55. The molecule has 1 aromatic carbocycles. The van der Waals surface area contributed by atoms with Crippen molar-refractivity contribution in [2.45, 2.75) is 25.9 Å². The molecule has 3 atom stereocenters. The molecule has 3 nitrogen and oxygen atoms in total. The second-order valence-corrected chi connectivity index (χ2v) is 5.70. The van der Waals surface area contributed by atoms with Gasteiger partial charge in [-0.3, -0.25) is 9.69 Å². The number of carbonyl (C=O) groups excluding carboxylic acids is 1. The van der Waals surface area contributed by atoms with E-state index in [2.05, 4.69) is 11.0 Å². The van der Waals surface area contributed by atoms with E-state index in [1.807, 2.05) is 19.1 Å². The molecule has 0 saturated carbocycles. The van der Waals surface area contributed by atoms with E-state index >= 15 is 0 Å². The predicted molar refractivity (Wildman–Crippen MR) is 79.1 cm³/mol. The normalized spacial score (nSPS) is 27.9. The highest BCUT2D eigenvalue weighted by Crippen LogP contribution is 2.36. The van der Waals surface area contributed by atoms with Crippen LogP contribution in [0.2, 0.25) is 0 Å². The summed E-state index contributed by atoms with van der Waals surface area (Å²) in [5.41, 5.74) is 2.21. The zero-order chi connectivity index (χ0) is 14.8. The molecule has 0 amide bonds. The molecule has 0 aromatic heterocycles. The van der Waals surface area contributed by atoms with E-state index < -0.39 is 0 Å². The van der Waals surface area contributed by atoms with Crippen LogP contribution in [0.5, 0.6) is 0 Å². The largest absolute Gasteiger partial charge is 0.462 e. The number of hydrogen-bond acceptors (Lipinski definition) is 3. The van der Waals surface area contributed by atoms with Crippen molar-refractivity contribution < 1.29 is 13.9 Å². The summed E-state index contributed by atoms with van der Waals surface area (Å²) in [5, 5.41) is 0. The van der Waals surface area contributed by atoms with Gasteiger partial charge in [-0.05, 0) is 29.7 Å². The molecule has 3 unspecified atom stereocenters. The summed E-state index contributed by atoms with van der Waals surface area (Å²) in [7, 11) is 0. The third-order valence-corrected chi connectivity index (χ3v) is 4.35. The van der Waals surface area contributed by atoms with Crippen LogP contribution in [0.3, 0.4) is 0 Å². The van der Waals surface area contributed by atoms with Gasteiger partial charge >= 0.3 is 5.97 Å². The molecule has 3 rings (SSSR count). The molecule has 0 spiro atoms. The number of nitrogens with zero attached hydrogens (tertiary/aromatic N) is 1. The van der Waals surface area contributed by atoms with Crippen molar-refractivity contribution in [3.05, 3.63) is 41.7 Å². The number of halogens is 1. The van der Waals surface area contributed by atoms with Gasteiger partial charge in [0.15, 0.2) is 0 Å². The monoisotopic (exact) mass is 289 g/mol. The molecule has 112 valence electrons. The zero-order valence-corrected chi connectivity index (χ0v) is 12.2. The lowest BCUT2D eigenvalue weighted by molar-refractivity contribution is -0.152. The summed E-state index contributed by atoms with van der Waals surface area (Å²) in [6.45, 7) is 4.60. The van der Waals surface area contributed by atoms with Gasteiger partial charge in [-0.15, -0.1) is 0 Å². The third-order valence-electron chi connectivity index (χ3n) is 4.35. The Labute approximate surface area is 124 Å². The van der Waals surface area contributed by atoms with Crippen LogP contribution in [0.4, 0.5) is 4.39 Å². The first kappa shape index (κ1) is 14.3. The maximum absolute atomic E-state index is 13.1. The lowest BCUT2D eigenvalue weighted by Gasteiger charge is -2.42. The second kappa shape index (κ2) is 5.98. The van der Waals surface area contributed by atoms with E-state index in [0.29, 0.717) is 6.42 Å². The van der Waals surface area contributed by atoms with Crippen molar-refractivity contribution in [2.75, 3.05) is 19.6 Å². The van der Waals surface area contributed by atoms with Crippen molar-refractivity contribution in [3.63, 3.8) is 0 Å². The number of carbonyl (C=O) groups is 1. The molecule has 2 aliphatic rings. The van der Waals surface area contributed by atoms with Crippen LogP contribution in [0.25, 0.3) is 5.57 Å². The van der Waals surface area contributed by atoms with E-state index in [-0.39, 0.29) is 23.8 Å². The Kier molecular flexibility index (Phi) is 4.06. The van der Waals surface area contributed by atoms with Crippen molar-refractivity contribution in [1.82, 2.24) is 4.90 Å². The number of piperidine rings is 1. The van der Waals surface area contributed by atoms with Gasteiger partial charge in [-0.25, -0.2) is 4.39 Å².